The molecule has 18 heavy (non-hydrogen) atoms. The van der Waals surface area contributed by atoms with Gasteiger partial charge in [0.25, 0.3) is 0 Å². The molecule has 2 rings (SSSR count). The maximum atomic E-state index is 12.1. The molecule has 0 aliphatic carbocycles. The summed E-state index contributed by atoms with van der Waals surface area (Å²) in [4.78, 5) is 15.7. The van der Waals surface area contributed by atoms with Crippen LogP contribution in [0.2, 0.25) is 0 Å². The van der Waals surface area contributed by atoms with Crippen molar-refractivity contribution in [3.05, 3.63) is 35.4 Å². The molecule has 1 aromatic rings. The van der Waals surface area contributed by atoms with Crippen molar-refractivity contribution >= 4 is 6.03 Å². The van der Waals surface area contributed by atoms with E-state index < -0.39 is 0 Å². The fourth-order valence-corrected chi connectivity index (χ4v) is 2.48. The molecule has 1 fully saturated rings. The van der Waals surface area contributed by atoms with E-state index in [-0.39, 0.29) is 18.7 Å². The van der Waals surface area contributed by atoms with Crippen LogP contribution in [0, 0.1) is 6.92 Å². The molecule has 0 bridgehead atoms. The van der Waals surface area contributed by atoms with E-state index >= 15 is 0 Å². The molecule has 1 aliphatic heterocycles. The Kier molecular flexibility index (Phi) is 3.87. The Hall–Kier alpha value is -1.55. The van der Waals surface area contributed by atoms with E-state index in [0.29, 0.717) is 19.5 Å². The van der Waals surface area contributed by atoms with Gasteiger partial charge >= 0.3 is 6.03 Å². The van der Waals surface area contributed by atoms with Gasteiger partial charge in [-0.1, -0.05) is 24.3 Å². The van der Waals surface area contributed by atoms with Gasteiger partial charge in [0.2, 0.25) is 0 Å². The molecule has 1 unspecified atom stereocenters. The second-order valence-electron chi connectivity index (χ2n) is 4.79. The molecule has 0 saturated carbocycles. The van der Waals surface area contributed by atoms with Crippen molar-refractivity contribution in [3.8, 4) is 0 Å². The molecule has 2 amide bonds. The van der Waals surface area contributed by atoms with Gasteiger partial charge in [0.1, 0.15) is 0 Å². The predicted octanol–water partition coefficient (Wildman–Crippen LogP) is 1.79. The molecule has 0 radical (unpaired) electrons. The van der Waals surface area contributed by atoms with Crippen LogP contribution < -0.4 is 0 Å². The minimum atomic E-state index is 0.0525. The van der Waals surface area contributed by atoms with Crippen LogP contribution in [0.5, 0.6) is 0 Å². The van der Waals surface area contributed by atoms with Crippen LogP contribution in [0.15, 0.2) is 24.3 Å². The topological polar surface area (TPSA) is 43.8 Å². The summed E-state index contributed by atoms with van der Waals surface area (Å²) in [6.45, 7) is 3.54. The van der Waals surface area contributed by atoms with Crippen LogP contribution in [0.4, 0.5) is 4.79 Å². The van der Waals surface area contributed by atoms with Gasteiger partial charge < -0.3 is 14.9 Å². The summed E-state index contributed by atoms with van der Waals surface area (Å²) in [5.74, 6) is 0. The first-order chi connectivity index (χ1) is 8.65. The highest BCUT2D eigenvalue weighted by molar-refractivity contribution is 5.77. The highest BCUT2D eigenvalue weighted by Crippen LogP contribution is 2.29. The summed E-state index contributed by atoms with van der Waals surface area (Å²) in [5, 5.41) is 8.85. The number of likely N-dealkylation sites (N-methyl/N-ethyl adjacent to an activating group) is 1. The number of aryl methyl sites for hydroxylation is 1. The van der Waals surface area contributed by atoms with Crippen LogP contribution in [0.25, 0.3) is 0 Å². The first-order valence-corrected chi connectivity index (χ1v) is 6.33. The Bertz CT molecular complexity index is 434. The van der Waals surface area contributed by atoms with Crippen LogP contribution in [0.3, 0.4) is 0 Å². The molecule has 4 heteroatoms. The molecule has 1 N–H and O–H groups in total. The average Bonchev–Trinajstić information content (AvgIpc) is 2.65. The molecular weight excluding hydrogens is 228 g/mol. The van der Waals surface area contributed by atoms with Gasteiger partial charge in [-0.25, -0.2) is 4.79 Å². The fraction of sp³-hybridized carbons (Fsp3) is 0.500. The lowest BCUT2D eigenvalue weighted by molar-refractivity contribution is 0.191. The molecule has 0 spiro atoms. The maximum absolute atomic E-state index is 12.1. The van der Waals surface area contributed by atoms with Crippen LogP contribution in [-0.4, -0.2) is 47.7 Å². The Morgan fingerprint density at radius 3 is 2.78 bits per heavy atom. The van der Waals surface area contributed by atoms with Gasteiger partial charge in [0, 0.05) is 26.7 Å². The van der Waals surface area contributed by atoms with E-state index in [4.69, 9.17) is 5.11 Å². The van der Waals surface area contributed by atoms with Crippen molar-refractivity contribution in [2.24, 2.45) is 0 Å². The molecule has 4 nitrogen and oxygen atoms in total. The Labute approximate surface area is 108 Å². The summed E-state index contributed by atoms with van der Waals surface area (Å²) in [7, 11) is 1.85. The summed E-state index contributed by atoms with van der Waals surface area (Å²) in [6, 6.07) is 8.36. The smallest absolute Gasteiger partial charge is 0.320 e. The largest absolute Gasteiger partial charge is 0.396 e. The van der Waals surface area contributed by atoms with Crippen molar-refractivity contribution in [2.75, 3.05) is 26.7 Å². The molecule has 1 aromatic carbocycles. The first-order valence-electron chi connectivity index (χ1n) is 6.33. The molecule has 1 saturated heterocycles. The average molecular weight is 248 g/mol. The lowest BCUT2D eigenvalue weighted by Crippen LogP contribution is -2.30. The highest BCUT2D eigenvalue weighted by Gasteiger charge is 2.35. The van der Waals surface area contributed by atoms with E-state index in [9.17, 15) is 4.79 Å². The number of carbonyl (C=O) groups excluding carboxylic acids is 1. The predicted molar refractivity (Wildman–Crippen MR) is 70.4 cm³/mol. The Morgan fingerprint density at radius 2 is 2.11 bits per heavy atom. The lowest BCUT2D eigenvalue weighted by atomic mass is 10.0. The second-order valence-corrected chi connectivity index (χ2v) is 4.79. The zero-order valence-corrected chi connectivity index (χ0v) is 11.0. The quantitative estimate of drug-likeness (QED) is 0.882. The zero-order chi connectivity index (χ0) is 13.1. The Balaban J connectivity index is 2.16. The Morgan fingerprint density at radius 1 is 1.39 bits per heavy atom. The highest BCUT2D eigenvalue weighted by atomic mass is 16.3. The number of urea groups is 1. The monoisotopic (exact) mass is 248 g/mol. The molecule has 1 atom stereocenters. The van der Waals surface area contributed by atoms with Crippen LogP contribution >= 0.6 is 0 Å². The summed E-state index contributed by atoms with van der Waals surface area (Å²) in [5.41, 5.74) is 2.42. The molecule has 1 heterocycles. The van der Waals surface area contributed by atoms with Gasteiger partial charge in [-0.3, -0.25) is 0 Å². The van der Waals surface area contributed by atoms with Crippen LogP contribution in [0.1, 0.15) is 23.6 Å². The van der Waals surface area contributed by atoms with Crippen molar-refractivity contribution in [1.29, 1.82) is 0 Å². The minimum Gasteiger partial charge on any atom is -0.396 e. The zero-order valence-electron chi connectivity index (χ0n) is 11.0. The number of hydrogen-bond donors (Lipinski definition) is 1. The number of amides is 2. The number of aliphatic hydroxyl groups is 1. The van der Waals surface area contributed by atoms with E-state index in [1.165, 1.54) is 11.1 Å². The first kappa shape index (κ1) is 12.9. The van der Waals surface area contributed by atoms with E-state index in [1.54, 1.807) is 4.90 Å². The second kappa shape index (κ2) is 5.40. The molecule has 1 aliphatic rings. The normalized spacial score (nSPS) is 19.7. The van der Waals surface area contributed by atoms with E-state index in [2.05, 4.69) is 19.1 Å². The third-order valence-electron chi connectivity index (χ3n) is 3.57. The van der Waals surface area contributed by atoms with Gasteiger partial charge in [-0.2, -0.15) is 0 Å². The number of aliphatic hydroxyl groups excluding tert-OH is 1. The van der Waals surface area contributed by atoms with Gasteiger partial charge in [-0.15, -0.1) is 0 Å². The fourth-order valence-electron chi connectivity index (χ4n) is 2.48. The SMILES string of the molecule is Cc1ccccc1C1CN(CCCO)C(=O)N1C. The maximum Gasteiger partial charge on any atom is 0.320 e. The standard InChI is InChI=1S/C14H20N2O2/c1-11-6-3-4-7-12(11)13-10-16(8-5-9-17)14(18)15(13)2/h3-4,6-7,13,17H,5,8-10H2,1-2H3. The third kappa shape index (κ3) is 2.34. The van der Waals surface area contributed by atoms with Crippen molar-refractivity contribution in [2.45, 2.75) is 19.4 Å². The number of benzene rings is 1. The summed E-state index contributed by atoms with van der Waals surface area (Å²) < 4.78 is 0. The molecule has 98 valence electrons. The number of carbonyl (C=O) groups is 1. The van der Waals surface area contributed by atoms with Gasteiger partial charge in [-0.05, 0) is 24.5 Å². The van der Waals surface area contributed by atoms with E-state index in [1.807, 2.05) is 24.1 Å². The van der Waals surface area contributed by atoms with Gasteiger partial charge in [0.05, 0.1) is 6.04 Å². The van der Waals surface area contributed by atoms with Crippen LogP contribution in [-0.2, 0) is 0 Å². The van der Waals surface area contributed by atoms with Crippen molar-refractivity contribution < 1.29 is 9.90 Å². The minimum absolute atomic E-state index is 0.0525. The van der Waals surface area contributed by atoms with Crippen molar-refractivity contribution in [1.82, 2.24) is 9.80 Å². The lowest BCUT2D eigenvalue weighted by Gasteiger charge is -2.19. The third-order valence-corrected chi connectivity index (χ3v) is 3.57. The molecule has 0 aromatic heterocycles. The summed E-state index contributed by atoms with van der Waals surface area (Å²) >= 11 is 0. The summed E-state index contributed by atoms with van der Waals surface area (Å²) in [6.07, 6.45) is 0.639. The van der Waals surface area contributed by atoms with E-state index in [0.717, 1.165) is 0 Å². The number of rotatable bonds is 4. The van der Waals surface area contributed by atoms with Crippen molar-refractivity contribution in [3.63, 3.8) is 0 Å². The molecular formula is C14H20N2O2. The number of hydrogen-bond acceptors (Lipinski definition) is 2. The van der Waals surface area contributed by atoms with Gasteiger partial charge in [0.15, 0.2) is 0 Å². The number of nitrogens with zero attached hydrogens (tertiary/aromatic N) is 2.